The van der Waals surface area contributed by atoms with Crippen LogP contribution < -0.4 is 16.0 Å². The lowest BCUT2D eigenvalue weighted by atomic mass is 10.1. The number of nitrogens with zero attached hydrogens (tertiary/aromatic N) is 2. The number of amidine groups is 1. The normalized spacial score (nSPS) is 13.9. The van der Waals surface area contributed by atoms with Crippen LogP contribution in [0.4, 0.5) is 16.2 Å². The van der Waals surface area contributed by atoms with Gasteiger partial charge in [-0.25, -0.2) is 4.79 Å². The lowest BCUT2D eigenvalue weighted by Crippen LogP contribution is -2.45. The van der Waals surface area contributed by atoms with Gasteiger partial charge in [-0.1, -0.05) is 17.7 Å². The van der Waals surface area contributed by atoms with Gasteiger partial charge < -0.3 is 20.9 Å². The molecule has 1 unspecified atom stereocenters. The maximum Gasteiger partial charge on any atom is 0.319 e. The number of urea groups is 1. The van der Waals surface area contributed by atoms with Gasteiger partial charge in [0.15, 0.2) is 0 Å². The molecule has 3 N–H and O–H groups in total. The highest BCUT2D eigenvalue weighted by Gasteiger charge is 2.20. The summed E-state index contributed by atoms with van der Waals surface area (Å²) in [6.45, 7) is 5.36. The number of amides is 3. The topological polar surface area (TPSA) is 85.8 Å². The maximum absolute atomic E-state index is 12.7. The van der Waals surface area contributed by atoms with Crippen molar-refractivity contribution in [3.8, 4) is 0 Å². The van der Waals surface area contributed by atoms with Crippen LogP contribution in [0.1, 0.15) is 12.0 Å². The van der Waals surface area contributed by atoms with Crippen LogP contribution in [0, 0.1) is 0 Å². The fraction of sp³-hybridized carbons (Fsp3) is 0.227. The Kier molecular flexibility index (Phi) is 7.08. The minimum Gasteiger partial charge on any atom is -0.358 e. The van der Waals surface area contributed by atoms with Crippen molar-refractivity contribution in [1.29, 1.82) is 0 Å². The van der Waals surface area contributed by atoms with Crippen molar-refractivity contribution >= 4 is 40.7 Å². The smallest absolute Gasteiger partial charge is 0.319 e. The third-order valence-corrected chi connectivity index (χ3v) is 4.85. The molecule has 0 spiro atoms. The van der Waals surface area contributed by atoms with E-state index in [2.05, 4.69) is 32.4 Å². The molecule has 0 radical (unpaired) electrons. The van der Waals surface area contributed by atoms with Crippen LogP contribution in [-0.2, 0) is 4.79 Å². The van der Waals surface area contributed by atoms with Crippen molar-refractivity contribution in [3.05, 3.63) is 71.8 Å². The Hall–Kier alpha value is -3.32. The molecule has 0 fully saturated rings. The SMILES string of the molecule is C=CCC(NC(=O)Nc1ccc(Cl)cc1)C(=O)Nc1ccc(C2=NCCN2C)cc1. The Morgan fingerprint density at radius 2 is 1.77 bits per heavy atom. The fourth-order valence-corrected chi connectivity index (χ4v) is 3.16. The van der Waals surface area contributed by atoms with E-state index in [0.29, 0.717) is 22.8 Å². The van der Waals surface area contributed by atoms with Gasteiger partial charge >= 0.3 is 6.03 Å². The number of nitrogens with one attached hydrogen (secondary N) is 3. The largest absolute Gasteiger partial charge is 0.358 e. The summed E-state index contributed by atoms with van der Waals surface area (Å²) >= 11 is 5.84. The molecule has 2 aromatic carbocycles. The maximum atomic E-state index is 12.7. The first-order valence-corrected chi connectivity index (χ1v) is 9.95. The van der Waals surface area contributed by atoms with E-state index >= 15 is 0 Å². The highest BCUT2D eigenvalue weighted by molar-refractivity contribution is 6.30. The molecular weight excluding hydrogens is 402 g/mol. The van der Waals surface area contributed by atoms with Crippen molar-refractivity contribution in [2.24, 2.45) is 4.99 Å². The summed E-state index contributed by atoms with van der Waals surface area (Å²) in [4.78, 5) is 31.5. The Balaban J connectivity index is 1.60. The molecule has 8 heteroatoms. The monoisotopic (exact) mass is 425 g/mol. The molecule has 0 bridgehead atoms. The predicted octanol–water partition coefficient (Wildman–Crippen LogP) is 3.74. The number of rotatable bonds is 7. The van der Waals surface area contributed by atoms with E-state index < -0.39 is 12.1 Å². The number of anilines is 2. The quantitative estimate of drug-likeness (QED) is 0.591. The summed E-state index contributed by atoms with van der Waals surface area (Å²) < 4.78 is 0. The fourth-order valence-electron chi connectivity index (χ4n) is 3.03. The van der Waals surface area contributed by atoms with Crippen LogP contribution in [0.3, 0.4) is 0 Å². The molecule has 0 aromatic heterocycles. The molecule has 30 heavy (non-hydrogen) atoms. The molecular formula is C22H24ClN5O2. The average molecular weight is 426 g/mol. The predicted molar refractivity (Wildman–Crippen MR) is 121 cm³/mol. The van der Waals surface area contributed by atoms with Gasteiger partial charge in [0.2, 0.25) is 5.91 Å². The van der Waals surface area contributed by atoms with E-state index in [1.165, 1.54) is 0 Å². The number of carbonyl (C=O) groups excluding carboxylic acids is 2. The van der Waals surface area contributed by atoms with Gasteiger partial charge in [-0.05, 0) is 55.0 Å². The van der Waals surface area contributed by atoms with E-state index in [1.54, 1.807) is 30.3 Å². The minimum atomic E-state index is -0.764. The van der Waals surface area contributed by atoms with Crippen LogP contribution in [0.2, 0.25) is 5.02 Å². The van der Waals surface area contributed by atoms with Crippen molar-refractivity contribution in [2.75, 3.05) is 30.8 Å². The highest BCUT2D eigenvalue weighted by atomic mass is 35.5. The zero-order valence-electron chi connectivity index (χ0n) is 16.7. The first-order valence-electron chi connectivity index (χ1n) is 9.57. The number of benzene rings is 2. The van der Waals surface area contributed by atoms with Gasteiger partial charge in [-0.3, -0.25) is 9.79 Å². The summed E-state index contributed by atoms with van der Waals surface area (Å²) in [5.41, 5.74) is 2.21. The standard InChI is InChI=1S/C22H24ClN5O2/c1-3-4-19(27-22(30)26-18-11-7-16(23)8-12-18)21(29)25-17-9-5-15(6-10-17)20-24-13-14-28(20)2/h3,5-12,19H,1,4,13-14H2,2H3,(H,25,29)(H2,26,27,30). The Morgan fingerprint density at radius 1 is 1.13 bits per heavy atom. The number of halogens is 1. The Labute approximate surface area is 180 Å². The van der Waals surface area contributed by atoms with Crippen molar-refractivity contribution in [3.63, 3.8) is 0 Å². The van der Waals surface area contributed by atoms with E-state index in [-0.39, 0.29) is 5.91 Å². The van der Waals surface area contributed by atoms with Crippen LogP contribution in [-0.4, -0.2) is 48.9 Å². The summed E-state index contributed by atoms with van der Waals surface area (Å²) in [7, 11) is 2.00. The zero-order valence-corrected chi connectivity index (χ0v) is 17.4. The molecule has 3 amide bonds. The van der Waals surface area contributed by atoms with E-state index in [4.69, 9.17) is 11.6 Å². The van der Waals surface area contributed by atoms with E-state index in [9.17, 15) is 9.59 Å². The molecule has 1 atom stereocenters. The molecule has 2 aromatic rings. The molecule has 156 valence electrons. The minimum absolute atomic E-state index is 0.291. The van der Waals surface area contributed by atoms with Crippen LogP contribution in [0.25, 0.3) is 0 Å². The van der Waals surface area contributed by atoms with Gasteiger partial charge in [-0.15, -0.1) is 6.58 Å². The molecule has 3 rings (SSSR count). The lowest BCUT2D eigenvalue weighted by Gasteiger charge is -2.18. The average Bonchev–Trinajstić information content (AvgIpc) is 3.16. The third kappa shape index (κ3) is 5.61. The summed E-state index contributed by atoms with van der Waals surface area (Å²) in [6.07, 6.45) is 1.88. The van der Waals surface area contributed by atoms with Crippen LogP contribution >= 0.6 is 11.6 Å². The van der Waals surface area contributed by atoms with Gasteiger partial charge in [0.05, 0.1) is 6.54 Å². The third-order valence-electron chi connectivity index (χ3n) is 4.60. The van der Waals surface area contributed by atoms with Gasteiger partial charge in [-0.2, -0.15) is 0 Å². The summed E-state index contributed by atoms with van der Waals surface area (Å²) in [5, 5.41) is 8.75. The summed E-state index contributed by atoms with van der Waals surface area (Å²) in [5.74, 6) is 0.613. The van der Waals surface area contributed by atoms with Gasteiger partial charge in [0, 0.05) is 35.6 Å². The van der Waals surface area contributed by atoms with Crippen molar-refractivity contribution in [1.82, 2.24) is 10.2 Å². The highest BCUT2D eigenvalue weighted by Crippen LogP contribution is 2.15. The second-order valence-electron chi connectivity index (χ2n) is 6.88. The van der Waals surface area contributed by atoms with E-state index in [1.807, 2.05) is 31.3 Å². The second-order valence-corrected chi connectivity index (χ2v) is 7.31. The van der Waals surface area contributed by atoms with Gasteiger partial charge in [0.25, 0.3) is 0 Å². The molecule has 1 aliphatic rings. The number of hydrogen-bond acceptors (Lipinski definition) is 4. The van der Waals surface area contributed by atoms with Crippen LogP contribution in [0.15, 0.2) is 66.2 Å². The molecule has 0 saturated carbocycles. The molecule has 7 nitrogen and oxygen atoms in total. The first kappa shape index (κ1) is 21.4. The summed E-state index contributed by atoms with van der Waals surface area (Å²) in [6, 6.07) is 12.9. The Bertz CT molecular complexity index is 941. The number of hydrogen-bond donors (Lipinski definition) is 3. The van der Waals surface area contributed by atoms with Crippen molar-refractivity contribution in [2.45, 2.75) is 12.5 Å². The molecule has 0 aliphatic carbocycles. The number of likely N-dealkylation sites (N-methyl/N-ethyl adjacent to an activating group) is 1. The lowest BCUT2D eigenvalue weighted by molar-refractivity contribution is -0.117. The van der Waals surface area contributed by atoms with Gasteiger partial charge in [0.1, 0.15) is 11.9 Å². The molecule has 0 saturated heterocycles. The Morgan fingerprint density at radius 3 is 2.37 bits per heavy atom. The van der Waals surface area contributed by atoms with Crippen LogP contribution in [0.5, 0.6) is 0 Å². The van der Waals surface area contributed by atoms with Crippen molar-refractivity contribution < 1.29 is 9.59 Å². The molecule has 1 heterocycles. The second kappa shape index (κ2) is 9.93. The zero-order chi connectivity index (χ0) is 21.5. The number of aliphatic imine (C=N–C) groups is 1. The number of carbonyl (C=O) groups is 2. The molecule has 1 aliphatic heterocycles. The van der Waals surface area contributed by atoms with E-state index in [0.717, 1.165) is 24.5 Å². The first-order chi connectivity index (χ1) is 14.5.